The molecular formula is C5H10NO5P. The Morgan fingerprint density at radius 1 is 1.50 bits per heavy atom. The third-order valence-electron chi connectivity index (χ3n) is 1.03. The van der Waals surface area contributed by atoms with Gasteiger partial charge in [-0.25, -0.2) is 4.79 Å². The topological polar surface area (TPSA) is 121 Å². The molecule has 0 atom stereocenters. The summed E-state index contributed by atoms with van der Waals surface area (Å²) in [6.07, 6.45) is 0.644. The van der Waals surface area contributed by atoms with Gasteiger partial charge in [-0.1, -0.05) is 6.08 Å². The molecule has 0 saturated heterocycles. The van der Waals surface area contributed by atoms with Crippen molar-refractivity contribution in [2.24, 2.45) is 5.73 Å². The van der Waals surface area contributed by atoms with E-state index in [0.29, 0.717) is 0 Å². The molecule has 12 heavy (non-hydrogen) atoms. The molecule has 0 aromatic heterocycles. The molecule has 7 heteroatoms. The fourth-order valence-corrected chi connectivity index (χ4v) is 0.941. The van der Waals surface area contributed by atoms with E-state index >= 15 is 0 Å². The van der Waals surface area contributed by atoms with Crippen molar-refractivity contribution in [2.45, 2.75) is 6.42 Å². The SMILES string of the molecule is NC(=CCCP(=O)(O)O)C(=O)O. The summed E-state index contributed by atoms with van der Waals surface area (Å²) in [7, 11) is -4.05. The van der Waals surface area contributed by atoms with Crippen LogP contribution in [0.15, 0.2) is 11.8 Å². The highest BCUT2D eigenvalue weighted by Crippen LogP contribution is 2.34. The van der Waals surface area contributed by atoms with E-state index in [1.165, 1.54) is 0 Å². The van der Waals surface area contributed by atoms with Gasteiger partial charge in [0, 0.05) is 0 Å². The molecule has 0 radical (unpaired) electrons. The molecule has 0 aromatic carbocycles. The summed E-state index contributed by atoms with van der Waals surface area (Å²) in [6.45, 7) is 0. The van der Waals surface area contributed by atoms with Crippen molar-refractivity contribution in [1.29, 1.82) is 0 Å². The van der Waals surface area contributed by atoms with Gasteiger partial charge in [-0.15, -0.1) is 0 Å². The van der Waals surface area contributed by atoms with E-state index in [1.807, 2.05) is 0 Å². The average Bonchev–Trinajstić information content (AvgIpc) is 1.84. The van der Waals surface area contributed by atoms with Crippen LogP contribution >= 0.6 is 7.60 Å². The van der Waals surface area contributed by atoms with Crippen molar-refractivity contribution in [3.63, 3.8) is 0 Å². The molecule has 0 fully saturated rings. The van der Waals surface area contributed by atoms with Gasteiger partial charge in [-0.05, 0) is 6.42 Å². The molecule has 0 aromatic rings. The summed E-state index contributed by atoms with van der Waals surface area (Å²) in [5.74, 6) is -1.29. The summed E-state index contributed by atoms with van der Waals surface area (Å²) in [4.78, 5) is 26.8. The fraction of sp³-hybridized carbons (Fsp3) is 0.400. The van der Waals surface area contributed by atoms with Gasteiger partial charge in [-0.3, -0.25) is 4.57 Å². The minimum absolute atomic E-state index is 0.0393. The lowest BCUT2D eigenvalue weighted by molar-refractivity contribution is -0.132. The van der Waals surface area contributed by atoms with E-state index in [0.717, 1.165) is 6.08 Å². The van der Waals surface area contributed by atoms with Gasteiger partial charge in [-0.2, -0.15) is 0 Å². The van der Waals surface area contributed by atoms with Crippen molar-refractivity contribution in [2.75, 3.05) is 6.16 Å². The lowest BCUT2D eigenvalue weighted by atomic mass is 10.3. The quantitative estimate of drug-likeness (QED) is 0.354. The van der Waals surface area contributed by atoms with Crippen LogP contribution in [0.1, 0.15) is 6.42 Å². The lowest BCUT2D eigenvalue weighted by Crippen LogP contribution is -2.09. The van der Waals surface area contributed by atoms with Crippen molar-refractivity contribution < 1.29 is 24.3 Å². The van der Waals surface area contributed by atoms with Crippen LogP contribution in [-0.2, 0) is 9.36 Å². The second-order valence-electron chi connectivity index (χ2n) is 2.14. The van der Waals surface area contributed by atoms with E-state index in [-0.39, 0.29) is 12.6 Å². The summed E-state index contributed by atoms with van der Waals surface area (Å²) < 4.78 is 10.3. The number of carboxylic acids is 1. The first-order chi connectivity index (χ1) is 5.33. The van der Waals surface area contributed by atoms with Crippen molar-refractivity contribution in [3.05, 3.63) is 11.8 Å². The van der Waals surface area contributed by atoms with Crippen LogP contribution in [0.25, 0.3) is 0 Å². The van der Waals surface area contributed by atoms with Gasteiger partial charge in [0.15, 0.2) is 0 Å². The second-order valence-corrected chi connectivity index (χ2v) is 3.92. The van der Waals surface area contributed by atoms with E-state index in [9.17, 15) is 9.36 Å². The Labute approximate surface area is 68.9 Å². The van der Waals surface area contributed by atoms with Crippen LogP contribution in [0.5, 0.6) is 0 Å². The Balaban J connectivity index is 3.92. The Kier molecular flexibility index (Phi) is 3.95. The Bertz CT molecular complexity index is 242. The van der Waals surface area contributed by atoms with E-state index in [1.54, 1.807) is 0 Å². The summed E-state index contributed by atoms with van der Waals surface area (Å²) in [6, 6.07) is 0. The zero-order valence-electron chi connectivity index (χ0n) is 6.17. The van der Waals surface area contributed by atoms with E-state index in [2.05, 4.69) is 0 Å². The number of nitrogens with two attached hydrogens (primary N) is 1. The van der Waals surface area contributed by atoms with Crippen molar-refractivity contribution in [1.82, 2.24) is 0 Å². The zero-order chi connectivity index (χ0) is 9.78. The maximum atomic E-state index is 10.3. The molecule has 5 N–H and O–H groups in total. The Hall–Kier alpha value is -0.840. The predicted molar refractivity (Wildman–Crippen MR) is 41.4 cm³/mol. The standard InChI is InChI=1S/C5H10NO5P/c6-4(5(7)8)2-1-3-12(9,10)11/h2H,1,3,6H2,(H,7,8)(H2,9,10,11). The third kappa shape index (κ3) is 5.91. The number of rotatable bonds is 4. The van der Waals surface area contributed by atoms with Gasteiger partial charge in [0.25, 0.3) is 0 Å². The zero-order valence-corrected chi connectivity index (χ0v) is 7.07. The number of carbonyl (C=O) groups is 1. The van der Waals surface area contributed by atoms with Gasteiger partial charge >= 0.3 is 13.6 Å². The fourth-order valence-electron chi connectivity index (χ4n) is 0.476. The lowest BCUT2D eigenvalue weighted by Gasteiger charge is -1.99. The molecule has 0 spiro atoms. The third-order valence-corrected chi connectivity index (χ3v) is 1.87. The van der Waals surface area contributed by atoms with E-state index in [4.69, 9.17) is 20.6 Å². The maximum absolute atomic E-state index is 10.3. The summed E-state index contributed by atoms with van der Waals surface area (Å²) >= 11 is 0. The molecule has 0 aliphatic carbocycles. The van der Waals surface area contributed by atoms with Crippen LogP contribution in [-0.4, -0.2) is 27.0 Å². The van der Waals surface area contributed by atoms with Crippen LogP contribution in [0, 0.1) is 0 Å². The summed E-state index contributed by atoms with van der Waals surface area (Å²) in [5, 5.41) is 8.22. The molecule has 0 heterocycles. The Morgan fingerprint density at radius 2 is 2.00 bits per heavy atom. The number of aliphatic carboxylic acids is 1. The molecule has 0 aliphatic heterocycles. The van der Waals surface area contributed by atoms with Crippen LogP contribution in [0.2, 0.25) is 0 Å². The van der Waals surface area contributed by atoms with Crippen LogP contribution in [0.3, 0.4) is 0 Å². The van der Waals surface area contributed by atoms with Crippen LogP contribution < -0.4 is 5.73 Å². The minimum Gasteiger partial charge on any atom is -0.477 e. The van der Waals surface area contributed by atoms with Crippen LogP contribution in [0.4, 0.5) is 0 Å². The minimum atomic E-state index is -4.05. The van der Waals surface area contributed by atoms with Gasteiger partial charge < -0.3 is 20.6 Å². The average molecular weight is 195 g/mol. The predicted octanol–water partition coefficient (Wildman–Crippen LogP) is -0.519. The molecule has 0 aliphatic rings. The number of allylic oxidation sites excluding steroid dienone is 1. The molecule has 0 amide bonds. The first kappa shape index (κ1) is 11.2. The van der Waals surface area contributed by atoms with Gasteiger partial charge in [0.2, 0.25) is 0 Å². The van der Waals surface area contributed by atoms with Crippen molar-refractivity contribution >= 4 is 13.6 Å². The number of hydrogen-bond acceptors (Lipinski definition) is 3. The van der Waals surface area contributed by atoms with E-state index < -0.39 is 19.3 Å². The van der Waals surface area contributed by atoms with Gasteiger partial charge in [0.05, 0.1) is 6.16 Å². The first-order valence-electron chi connectivity index (χ1n) is 3.06. The highest BCUT2D eigenvalue weighted by molar-refractivity contribution is 7.51. The highest BCUT2D eigenvalue weighted by atomic mass is 31.2. The first-order valence-corrected chi connectivity index (χ1v) is 4.86. The maximum Gasteiger partial charge on any atom is 0.351 e. The second kappa shape index (κ2) is 4.25. The summed E-state index contributed by atoms with van der Waals surface area (Å²) in [5.41, 5.74) is 4.55. The van der Waals surface area contributed by atoms with Gasteiger partial charge in [0.1, 0.15) is 5.70 Å². The molecule has 0 saturated carbocycles. The normalized spacial score (nSPS) is 13.0. The largest absolute Gasteiger partial charge is 0.477 e. The number of carboxylic acid groups (broad SMARTS) is 1. The van der Waals surface area contributed by atoms with Crippen molar-refractivity contribution in [3.8, 4) is 0 Å². The molecule has 70 valence electrons. The Morgan fingerprint density at radius 3 is 2.33 bits per heavy atom. The highest BCUT2D eigenvalue weighted by Gasteiger charge is 2.11. The molecule has 0 unspecified atom stereocenters. The molecular weight excluding hydrogens is 185 g/mol. The smallest absolute Gasteiger partial charge is 0.351 e. The molecule has 6 nitrogen and oxygen atoms in total. The number of hydrogen-bond donors (Lipinski definition) is 4. The monoisotopic (exact) mass is 195 g/mol. The molecule has 0 bridgehead atoms. The molecule has 0 rings (SSSR count).